The van der Waals surface area contributed by atoms with Crippen molar-refractivity contribution in [3.8, 4) is 0 Å². The highest BCUT2D eigenvalue weighted by Crippen LogP contribution is 2.29. The van der Waals surface area contributed by atoms with E-state index in [9.17, 15) is 5.11 Å². The third kappa shape index (κ3) is 6.73. The smallest absolute Gasteiger partial charge is 0.0718 e. The minimum atomic E-state index is -0.596. The van der Waals surface area contributed by atoms with E-state index in [0.717, 1.165) is 31.5 Å². The Labute approximate surface area is 119 Å². The lowest BCUT2D eigenvalue weighted by Crippen LogP contribution is -2.47. The van der Waals surface area contributed by atoms with Crippen molar-refractivity contribution in [2.75, 3.05) is 26.7 Å². The van der Waals surface area contributed by atoms with Gasteiger partial charge in [0, 0.05) is 19.1 Å². The summed E-state index contributed by atoms with van der Waals surface area (Å²) in [5, 5.41) is 13.6. The van der Waals surface area contributed by atoms with Crippen molar-refractivity contribution < 1.29 is 5.11 Å². The van der Waals surface area contributed by atoms with Crippen LogP contribution in [0.1, 0.15) is 53.4 Å². The SMILES string of the molecule is CCCNC1CCC(C)CC1CN(C)CC(C)(C)O. The lowest BCUT2D eigenvalue weighted by Gasteiger charge is -2.38. The van der Waals surface area contributed by atoms with Gasteiger partial charge in [-0.25, -0.2) is 0 Å². The molecule has 2 N–H and O–H groups in total. The molecular weight excluding hydrogens is 236 g/mol. The monoisotopic (exact) mass is 270 g/mol. The molecule has 19 heavy (non-hydrogen) atoms. The number of likely N-dealkylation sites (N-methyl/N-ethyl adjacent to an activating group) is 1. The summed E-state index contributed by atoms with van der Waals surface area (Å²) in [6.07, 6.45) is 5.19. The summed E-state index contributed by atoms with van der Waals surface area (Å²) in [6, 6.07) is 0.667. The van der Waals surface area contributed by atoms with Crippen LogP contribution in [0.15, 0.2) is 0 Å². The summed E-state index contributed by atoms with van der Waals surface area (Å²) in [5.41, 5.74) is -0.596. The van der Waals surface area contributed by atoms with Gasteiger partial charge in [0.1, 0.15) is 0 Å². The molecule has 0 aromatic rings. The summed E-state index contributed by atoms with van der Waals surface area (Å²) in [4.78, 5) is 2.29. The zero-order chi connectivity index (χ0) is 14.5. The predicted octanol–water partition coefficient (Wildman–Crippen LogP) is 2.49. The second-order valence-electron chi connectivity index (χ2n) is 7.25. The van der Waals surface area contributed by atoms with Crippen LogP contribution >= 0.6 is 0 Å². The fourth-order valence-electron chi connectivity index (χ4n) is 3.42. The van der Waals surface area contributed by atoms with Crippen LogP contribution in [0.25, 0.3) is 0 Å². The Hall–Kier alpha value is -0.120. The Morgan fingerprint density at radius 3 is 2.58 bits per heavy atom. The summed E-state index contributed by atoms with van der Waals surface area (Å²) in [5.74, 6) is 1.57. The van der Waals surface area contributed by atoms with E-state index in [1.165, 1.54) is 25.7 Å². The van der Waals surface area contributed by atoms with Gasteiger partial charge < -0.3 is 15.3 Å². The van der Waals surface area contributed by atoms with E-state index in [4.69, 9.17) is 0 Å². The zero-order valence-corrected chi connectivity index (χ0v) is 13.6. The summed E-state index contributed by atoms with van der Waals surface area (Å²) in [6.45, 7) is 11.4. The Kier molecular flexibility index (Phi) is 6.78. The Bertz CT molecular complexity index is 248. The molecule has 114 valence electrons. The molecule has 1 aliphatic carbocycles. The van der Waals surface area contributed by atoms with Crippen molar-refractivity contribution in [1.82, 2.24) is 10.2 Å². The standard InChI is InChI=1S/C16H34N2O/c1-6-9-17-15-8-7-13(2)10-14(15)11-18(5)12-16(3,4)19/h13-15,17,19H,6-12H2,1-5H3. The van der Waals surface area contributed by atoms with Gasteiger partial charge in [0.15, 0.2) is 0 Å². The molecule has 0 spiro atoms. The van der Waals surface area contributed by atoms with Crippen LogP contribution in [0.2, 0.25) is 0 Å². The number of hydrogen-bond acceptors (Lipinski definition) is 3. The van der Waals surface area contributed by atoms with E-state index in [0.29, 0.717) is 6.04 Å². The Balaban J connectivity index is 2.49. The van der Waals surface area contributed by atoms with Gasteiger partial charge >= 0.3 is 0 Å². The van der Waals surface area contributed by atoms with Gasteiger partial charge in [-0.3, -0.25) is 0 Å². The molecule has 0 bridgehead atoms. The Morgan fingerprint density at radius 2 is 2.00 bits per heavy atom. The van der Waals surface area contributed by atoms with Crippen LogP contribution in [0.3, 0.4) is 0 Å². The van der Waals surface area contributed by atoms with E-state index < -0.39 is 5.60 Å². The first-order valence-corrected chi connectivity index (χ1v) is 7.96. The number of nitrogens with one attached hydrogen (secondary N) is 1. The number of rotatable bonds is 7. The van der Waals surface area contributed by atoms with E-state index >= 15 is 0 Å². The molecule has 0 aromatic carbocycles. The van der Waals surface area contributed by atoms with Gasteiger partial charge in [0.2, 0.25) is 0 Å². The van der Waals surface area contributed by atoms with E-state index in [2.05, 4.69) is 31.1 Å². The molecule has 3 unspecified atom stereocenters. The van der Waals surface area contributed by atoms with Crippen LogP contribution in [-0.2, 0) is 0 Å². The van der Waals surface area contributed by atoms with Crippen LogP contribution in [0.4, 0.5) is 0 Å². The molecule has 0 aliphatic heterocycles. The van der Waals surface area contributed by atoms with Crippen molar-refractivity contribution in [1.29, 1.82) is 0 Å². The molecule has 0 aromatic heterocycles. The fraction of sp³-hybridized carbons (Fsp3) is 1.00. The molecule has 3 heteroatoms. The summed E-state index contributed by atoms with van der Waals surface area (Å²) in [7, 11) is 2.13. The topological polar surface area (TPSA) is 35.5 Å². The molecule has 0 heterocycles. The van der Waals surface area contributed by atoms with Crippen LogP contribution in [0, 0.1) is 11.8 Å². The van der Waals surface area contributed by atoms with Crippen LogP contribution < -0.4 is 5.32 Å². The Morgan fingerprint density at radius 1 is 1.32 bits per heavy atom. The molecular formula is C16H34N2O. The minimum absolute atomic E-state index is 0.596. The molecule has 1 fully saturated rings. The first-order valence-electron chi connectivity index (χ1n) is 7.96. The lowest BCUT2D eigenvalue weighted by atomic mass is 9.78. The van der Waals surface area contributed by atoms with Gasteiger partial charge in [-0.2, -0.15) is 0 Å². The second-order valence-corrected chi connectivity index (χ2v) is 7.25. The second kappa shape index (κ2) is 7.61. The molecule has 0 saturated heterocycles. The molecule has 0 radical (unpaired) electrons. The van der Waals surface area contributed by atoms with E-state index in [1.807, 2.05) is 13.8 Å². The van der Waals surface area contributed by atoms with Crippen molar-refractivity contribution in [3.05, 3.63) is 0 Å². The highest BCUT2D eigenvalue weighted by molar-refractivity contribution is 4.86. The number of aliphatic hydroxyl groups is 1. The zero-order valence-electron chi connectivity index (χ0n) is 13.6. The third-order valence-corrected chi connectivity index (χ3v) is 4.10. The fourth-order valence-corrected chi connectivity index (χ4v) is 3.42. The normalized spacial score (nSPS) is 28.9. The van der Waals surface area contributed by atoms with Gasteiger partial charge in [-0.05, 0) is 65.0 Å². The maximum absolute atomic E-state index is 9.92. The molecule has 1 aliphatic rings. The number of nitrogens with zero attached hydrogens (tertiary/aromatic N) is 1. The van der Waals surface area contributed by atoms with Crippen LogP contribution in [-0.4, -0.2) is 48.3 Å². The molecule has 0 amide bonds. The van der Waals surface area contributed by atoms with E-state index in [-0.39, 0.29) is 0 Å². The van der Waals surface area contributed by atoms with Crippen molar-refractivity contribution in [3.63, 3.8) is 0 Å². The largest absolute Gasteiger partial charge is 0.389 e. The average Bonchev–Trinajstić information content (AvgIpc) is 2.25. The summed E-state index contributed by atoms with van der Waals surface area (Å²) < 4.78 is 0. The quantitative estimate of drug-likeness (QED) is 0.746. The molecule has 1 rings (SSSR count). The highest BCUT2D eigenvalue weighted by Gasteiger charge is 2.29. The molecule has 1 saturated carbocycles. The highest BCUT2D eigenvalue weighted by atomic mass is 16.3. The minimum Gasteiger partial charge on any atom is -0.389 e. The van der Waals surface area contributed by atoms with E-state index in [1.54, 1.807) is 0 Å². The summed E-state index contributed by atoms with van der Waals surface area (Å²) >= 11 is 0. The predicted molar refractivity (Wildman–Crippen MR) is 82.4 cm³/mol. The maximum Gasteiger partial charge on any atom is 0.0718 e. The lowest BCUT2D eigenvalue weighted by molar-refractivity contribution is 0.0340. The van der Waals surface area contributed by atoms with Crippen molar-refractivity contribution in [2.45, 2.75) is 65.0 Å². The maximum atomic E-state index is 9.92. The molecule has 3 nitrogen and oxygen atoms in total. The average molecular weight is 270 g/mol. The van der Waals surface area contributed by atoms with Gasteiger partial charge in [0.05, 0.1) is 5.60 Å². The third-order valence-electron chi connectivity index (χ3n) is 4.10. The van der Waals surface area contributed by atoms with Crippen molar-refractivity contribution >= 4 is 0 Å². The first kappa shape index (κ1) is 16.9. The van der Waals surface area contributed by atoms with Crippen LogP contribution in [0.5, 0.6) is 0 Å². The number of hydrogen-bond donors (Lipinski definition) is 2. The van der Waals surface area contributed by atoms with Gasteiger partial charge in [0.25, 0.3) is 0 Å². The van der Waals surface area contributed by atoms with Gasteiger partial charge in [-0.1, -0.05) is 13.8 Å². The molecule has 3 atom stereocenters. The van der Waals surface area contributed by atoms with Crippen molar-refractivity contribution in [2.24, 2.45) is 11.8 Å². The first-order chi connectivity index (χ1) is 8.81. The van der Waals surface area contributed by atoms with Gasteiger partial charge in [-0.15, -0.1) is 0 Å².